The molecule has 2 N–H and O–H groups in total. The van der Waals surface area contributed by atoms with Gasteiger partial charge in [0.15, 0.2) is 5.69 Å². The number of hydrogen-bond acceptors (Lipinski definition) is 5. The van der Waals surface area contributed by atoms with Crippen molar-refractivity contribution < 1.29 is 13.2 Å². The number of nitrogens with zero attached hydrogens (tertiary/aromatic N) is 4. The van der Waals surface area contributed by atoms with Gasteiger partial charge in [0.25, 0.3) is 5.56 Å². The molecule has 1 aromatic carbocycles. The third-order valence-corrected chi connectivity index (χ3v) is 4.99. The van der Waals surface area contributed by atoms with Crippen LogP contribution in [0.4, 0.5) is 13.2 Å². The number of fused-ring (bicyclic) bond motifs is 1. The highest BCUT2D eigenvalue weighted by Gasteiger charge is 2.38. The van der Waals surface area contributed by atoms with Crippen LogP contribution in [0.15, 0.2) is 46.6 Å². The third kappa shape index (κ3) is 3.48. The van der Waals surface area contributed by atoms with Gasteiger partial charge >= 0.3 is 6.18 Å². The molecule has 11 heteroatoms. The summed E-state index contributed by atoms with van der Waals surface area (Å²) in [5.74, 6) is 0. The molecular formula is C17H13F3N6OS. The predicted octanol–water partition coefficient (Wildman–Crippen LogP) is 3.18. The third-order valence-electron chi connectivity index (χ3n) is 3.97. The van der Waals surface area contributed by atoms with Gasteiger partial charge in [0, 0.05) is 31.1 Å². The molecule has 0 saturated heterocycles. The number of benzene rings is 1. The van der Waals surface area contributed by atoms with Crippen LogP contribution in [-0.2, 0) is 12.6 Å². The van der Waals surface area contributed by atoms with E-state index in [0.717, 1.165) is 32.6 Å². The minimum absolute atomic E-state index is 0.133. The van der Waals surface area contributed by atoms with Crippen LogP contribution in [-0.4, -0.2) is 37.5 Å². The van der Waals surface area contributed by atoms with Crippen molar-refractivity contribution in [3.8, 4) is 5.13 Å². The van der Waals surface area contributed by atoms with E-state index in [1.807, 2.05) is 0 Å². The van der Waals surface area contributed by atoms with Gasteiger partial charge in [-0.1, -0.05) is 23.5 Å². The van der Waals surface area contributed by atoms with E-state index in [2.05, 4.69) is 25.0 Å². The topological polar surface area (TPSA) is 91.7 Å². The van der Waals surface area contributed by atoms with Gasteiger partial charge in [-0.3, -0.25) is 14.9 Å². The zero-order valence-corrected chi connectivity index (χ0v) is 15.0. The lowest BCUT2D eigenvalue weighted by Gasteiger charge is -2.03. The average Bonchev–Trinajstić information content (AvgIpc) is 3.37. The zero-order chi connectivity index (χ0) is 19.7. The Morgan fingerprint density at radius 3 is 2.82 bits per heavy atom. The van der Waals surface area contributed by atoms with Gasteiger partial charge in [-0.25, -0.2) is 9.97 Å². The van der Waals surface area contributed by atoms with Gasteiger partial charge in [-0.05, 0) is 12.1 Å². The number of aromatic amines is 2. The van der Waals surface area contributed by atoms with E-state index in [-0.39, 0.29) is 11.7 Å². The molecule has 0 unspecified atom stereocenters. The van der Waals surface area contributed by atoms with E-state index in [1.54, 1.807) is 30.5 Å². The van der Waals surface area contributed by atoms with Gasteiger partial charge in [-0.15, -0.1) is 0 Å². The molecular weight excluding hydrogens is 393 g/mol. The molecule has 0 atom stereocenters. The Labute approximate surface area is 159 Å². The molecule has 3 aromatic heterocycles. The summed E-state index contributed by atoms with van der Waals surface area (Å²) in [5.41, 5.74) is -1.14. The Bertz CT molecular complexity index is 1150. The van der Waals surface area contributed by atoms with Crippen LogP contribution >= 0.6 is 11.3 Å². The molecule has 0 saturated carbocycles. The summed E-state index contributed by atoms with van der Waals surface area (Å²) in [7, 11) is 0. The van der Waals surface area contributed by atoms with Crippen molar-refractivity contribution in [3.63, 3.8) is 0 Å². The highest BCUT2D eigenvalue weighted by molar-refractivity contribution is 7.20. The molecule has 0 aliphatic heterocycles. The monoisotopic (exact) mass is 406 g/mol. The predicted molar refractivity (Wildman–Crippen MR) is 99.3 cm³/mol. The summed E-state index contributed by atoms with van der Waals surface area (Å²) < 4.78 is 41.8. The van der Waals surface area contributed by atoms with Crippen LogP contribution in [0, 0.1) is 0 Å². The number of halogens is 3. The minimum atomic E-state index is -4.73. The molecule has 3 heterocycles. The summed E-state index contributed by atoms with van der Waals surface area (Å²) in [4.78, 5) is 27.6. The number of imidazole rings is 1. The van der Waals surface area contributed by atoms with Crippen LogP contribution in [0.1, 0.15) is 17.0 Å². The minimum Gasteiger partial charge on any atom is -0.348 e. The van der Waals surface area contributed by atoms with Crippen LogP contribution < -0.4 is 5.56 Å². The smallest absolute Gasteiger partial charge is 0.348 e. The molecule has 28 heavy (non-hydrogen) atoms. The second kappa shape index (κ2) is 7.08. The molecule has 0 aliphatic rings. The van der Waals surface area contributed by atoms with Crippen LogP contribution in [0.3, 0.4) is 0 Å². The van der Waals surface area contributed by atoms with Crippen molar-refractivity contribution in [1.82, 2.24) is 24.7 Å². The van der Waals surface area contributed by atoms with Gasteiger partial charge in [-0.2, -0.15) is 17.9 Å². The Morgan fingerprint density at radius 2 is 2.11 bits per heavy atom. The Morgan fingerprint density at radius 1 is 1.29 bits per heavy atom. The van der Waals surface area contributed by atoms with Crippen molar-refractivity contribution >= 4 is 27.8 Å². The molecule has 144 valence electrons. The van der Waals surface area contributed by atoms with E-state index >= 15 is 0 Å². The lowest BCUT2D eigenvalue weighted by molar-refractivity contribution is -0.141. The van der Waals surface area contributed by atoms with Gasteiger partial charge in [0.1, 0.15) is 0 Å². The quantitative estimate of drug-likeness (QED) is 0.499. The molecule has 0 radical (unpaired) electrons. The maximum atomic E-state index is 13.4. The number of rotatable bonds is 5. The molecule has 0 bridgehead atoms. The van der Waals surface area contributed by atoms with E-state index < -0.39 is 23.0 Å². The van der Waals surface area contributed by atoms with Gasteiger partial charge in [0.2, 0.25) is 5.13 Å². The van der Waals surface area contributed by atoms with E-state index in [9.17, 15) is 18.0 Å². The van der Waals surface area contributed by atoms with Crippen molar-refractivity contribution in [2.75, 3.05) is 6.54 Å². The largest absolute Gasteiger partial charge is 0.433 e. The lowest BCUT2D eigenvalue weighted by atomic mass is 10.2. The molecule has 7 nitrogen and oxygen atoms in total. The number of alkyl halides is 3. The first-order chi connectivity index (χ1) is 13.4. The SMILES string of the molecule is O=c1c(C=NCCc2cnc[nH]2)c(C(F)(F)F)[nH]n1-c1nc2ccccc2s1. The highest BCUT2D eigenvalue weighted by atomic mass is 32.1. The van der Waals surface area contributed by atoms with E-state index in [0.29, 0.717) is 11.9 Å². The fourth-order valence-electron chi connectivity index (χ4n) is 2.64. The van der Waals surface area contributed by atoms with Crippen LogP contribution in [0.25, 0.3) is 15.3 Å². The normalized spacial score (nSPS) is 12.4. The number of para-hydroxylation sites is 1. The molecule has 0 amide bonds. The molecule has 0 spiro atoms. The van der Waals surface area contributed by atoms with E-state index in [4.69, 9.17) is 0 Å². The van der Waals surface area contributed by atoms with Gasteiger partial charge < -0.3 is 4.98 Å². The Kier molecular flexibility index (Phi) is 4.59. The van der Waals surface area contributed by atoms with Crippen molar-refractivity contribution in [2.45, 2.75) is 12.6 Å². The van der Waals surface area contributed by atoms with Gasteiger partial charge in [0.05, 0.1) is 22.1 Å². The number of H-pyrrole nitrogens is 2. The Hall–Kier alpha value is -3.21. The molecule has 4 rings (SSSR count). The summed E-state index contributed by atoms with van der Waals surface area (Å²) >= 11 is 1.12. The molecule has 0 aliphatic carbocycles. The van der Waals surface area contributed by atoms with Crippen molar-refractivity contribution in [1.29, 1.82) is 0 Å². The number of aromatic nitrogens is 5. The Balaban J connectivity index is 1.69. The van der Waals surface area contributed by atoms with E-state index in [1.165, 1.54) is 6.33 Å². The maximum absolute atomic E-state index is 13.4. The second-order valence-electron chi connectivity index (χ2n) is 5.87. The maximum Gasteiger partial charge on any atom is 0.433 e. The molecule has 4 aromatic rings. The first kappa shape index (κ1) is 18.2. The standard InChI is InChI=1S/C17H13F3N6OS/c18-17(19,20)14-11(8-21-6-5-10-7-22-9-23-10)15(27)26(25-14)16-24-12-3-1-2-4-13(12)28-16/h1-4,7-9,25H,5-6H2,(H,22,23). The summed E-state index contributed by atoms with van der Waals surface area (Å²) in [6.07, 6.45) is -0.196. The summed E-state index contributed by atoms with van der Waals surface area (Å²) in [5, 5.41) is 2.27. The lowest BCUT2D eigenvalue weighted by Crippen LogP contribution is -2.17. The number of thiazole rings is 1. The first-order valence-electron chi connectivity index (χ1n) is 8.19. The van der Waals surface area contributed by atoms with Crippen molar-refractivity contribution in [2.24, 2.45) is 4.99 Å². The van der Waals surface area contributed by atoms with Crippen LogP contribution in [0.2, 0.25) is 0 Å². The first-order valence-corrected chi connectivity index (χ1v) is 9.00. The summed E-state index contributed by atoms with van der Waals surface area (Å²) in [6.45, 7) is 0.214. The number of hydrogen-bond donors (Lipinski definition) is 2. The van der Waals surface area contributed by atoms with Crippen LogP contribution in [0.5, 0.6) is 0 Å². The number of nitrogens with one attached hydrogen (secondary N) is 2. The fraction of sp³-hybridized carbons (Fsp3) is 0.176. The molecule has 0 fully saturated rings. The number of aliphatic imine (C=N–C) groups is 1. The fourth-order valence-corrected chi connectivity index (χ4v) is 3.56. The highest BCUT2D eigenvalue weighted by Crippen LogP contribution is 2.30. The average molecular weight is 406 g/mol. The second-order valence-corrected chi connectivity index (χ2v) is 6.87. The van der Waals surface area contributed by atoms with Crippen molar-refractivity contribution in [3.05, 3.63) is 64.1 Å². The zero-order valence-electron chi connectivity index (χ0n) is 14.2. The summed E-state index contributed by atoms with van der Waals surface area (Å²) in [6, 6.07) is 7.07.